The Morgan fingerprint density at radius 2 is 1.67 bits per heavy atom. The van der Waals surface area contributed by atoms with Crippen LogP contribution in [-0.4, -0.2) is 35.9 Å². The summed E-state index contributed by atoms with van der Waals surface area (Å²) in [7, 11) is 1.60. The Labute approximate surface area is 223 Å². The number of halogens is 2. The van der Waals surface area contributed by atoms with Gasteiger partial charge in [0.2, 0.25) is 11.8 Å². The van der Waals surface area contributed by atoms with Crippen molar-refractivity contribution < 1.29 is 14.3 Å². The monoisotopic (exact) mass is 526 g/mol. The summed E-state index contributed by atoms with van der Waals surface area (Å²) < 4.78 is 5.23. The number of carbonyl (C=O) groups is 2. The Balaban J connectivity index is 1.98. The van der Waals surface area contributed by atoms with Crippen molar-refractivity contribution in [2.45, 2.75) is 51.7 Å². The van der Waals surface area contributed by atoms with Gasteiger partial charge in [-0.2, -0.15) is 0 Å². The first-order valence-corrected chi connectivity index (χ1v) is 12.8. The molecule has 5 nitrogen and oxygen atoms in total. The molecule has 0 saturated carbocycles. The Hall–Kier alpha value is -3.02. The van der Waals surface area contributed by atoms with Crippen molar-refractivity contribution in [1.82, 2.24) is 10.2 Å². The van der Waals surface area contributed by atoms with Crippen LogP contribution >= 0.6 is 23.2 Å². The molecule has 1 N–H and O–H groups in total. The maximum atomic E-state index is 13.8. The first kappa shape index (κ1) is 27.6. The minimum Gasteiger partial charge on any atom is -0.497 e. The lowest BCUT2D eigenvalue weighted by atomic mass is 10.0. The molecule has 2 amide bonds. The number of nitrogens with one attached hydrogen (secondary N) is 1. The summed E-state index contributed by atoms with van der Waals surface area (Å²) in [6.07, 6.45) is 1.30. The van der Waals surface area contributed by atoms with E-state index in [-0.39, 0.29) is 30.8 Å². The number of hydrogen-bond donors (Lipinski definition) is 1. The van der Waals surface area contributed by atoms with E-state index in [0.717, 1.165) is 23.1 Å². The average molecular weight is 527 g/mol. The number of hydrogen-bond acceptors (Lipinski definition) is 3. The zero-order valence-electron chi connectivity index (χ0n) is 20.8. The number of amides is 2. The quantitative estimate of drug-likeness (QED) is 0.328. The van der Waals surface area contributed by atoms with E-state index in [9.17, 15) is 9.59 Å². The summed E-state index contributed by atoms with van der Waals surface area (Å²) in [6.45, 7) is 4.14. The van der Waals surface area contributed by atoms with Crippen molar-refractivity contribution in [3.63, 3.8) is 0 Å². The molecule has 0 radical (unpaired) electrons. The fourth-order valence-electron chi connectivity index (χ4n) is 3.85. The summed E-state index contributed by atoms with van der Waals surface area (Å²) >= 11 is 12.6. The van der Waals surface area contributed by atoms with Crippen molar-refractivity contribution in [2.24, 2.45) is 0 Å². The Bertz CT molecular complexity index is 1150. The van der Waals surface area contributed by atoms with Crippen molar-refractivity contribution in [3.8, 4) is 5.75 Å². The second-order valence-electron chi connectivity index (χ2n) is 8.81. The molecule has 0 spiro atoms. The van der Waals surface area contributed by atoms with Crippen LogP contribution in [0.15, 0.2) is 72.8 Å². The van der Waals surface area contributed by atoms with Crippen LogP contribution in [0.1, 0.15) is 37.0 Å². The van der Waals surface area contributed by atoms with Gasteiger partial charge >= 0.3 is 0 Å². The maximum Gasteiger partial charge on any atom is 0.243 e. The number of ether oxygens (including phenoxy) is 1. The van der Waals surface area contributed by atoms with Crippen molar-refractivity contribution in [3.05, 3.63) is 99.5 Å². The van der Waals surface area contributed by atoms with Gasteiger partial charge in [0, 0.05) is 29.1 Å². The van der Waals surface area contributed by atoms with Gasteiger partial charge in [-0.1, -0.05) is 78.7 Å². The predicted octanol–water partition coefficient (Wildman–Crippen LogP) is 6.10. The van der Waals surface area contributed by atoms with E-state index in [0.29, 0.717) is 22.2 Å². The minimum atomic E-state index is -0.723. The number of rotatable bonds is 11. The Morgan fingerprint density at radius 1 is 0.972 bits per heavy atom. The van der Waals surface area contributed by atoms with Gasteiger partial charge in [0.05, 0.1) is 13.5 Å². The van der Waals surface area contributed by atoms with Crippen LogP contribution in [0.5, 0.6) is 5.75 Å². The predicted molar refractivity (Wildman–Crippen MR) is 146 cm³/mol. The number of benzene rings is 3. The molecule has 0 unspecified atom stereocenters. The normalized spacial score (nSPS) is 12.5. The summed E-state index contributed by atoms with van der Waals surface area (Å²) in [5, 5.41) is 4.03. The zero-order chi connectivity index (χ0) is 26.1. The van der Waals surface area contributed by atoms with E-state index in [1.807, 2.05) is 68.4 Å². The van der Waals surface area contributed by atoms with Crippen LogP contribution < -0.4 is 10.1 Å². The third-order valence-corrected chi connectivity index (χ3v) is 6.73. The van der Waals surface area contributed by atoms with Gasteiger partial charge in [-0.25, -0.2) is 0 Å². The molecule has 0 saturated heterocycles. The highest BCUT2D eigenvalue weighted by molar-refractivity contribution is 6.35. The summed E-state index contributed by atoms with van der Waals surface area (Å²) in [5.41, 5.74) is 2.51. The Morgan fingerprint density at radius 3 is 2.28 bits per heavy atom. The zero-order valence-corrected chi connectivity index (χ0v) is 22.4. The van der Waals surface area contributed by atoms with Crippen LogP contribution in [0.3, 0.4) is 0 Å². The van der Waals surface area contributed by atoms with Crippen LogP contribution in [0.2, 0.25) is 10.0 Å². The standard InChI is InChI=1S/C29H32Cl2N2O3/c1-4-20(2)32-29(35)27(16-21-8-6-5-7-9-21)33(19-23-12-13-24(30)18-26(23)31)28(34)17-22-10-14-25(36-3)15-11-22/h5-15,18,20,27H,4,16-17,19H2,1-3H3,(H,32,35)/t20-,27+/m0/s1. The molecule has 3 aromatic carbocycles. The van der Waals surface area contributed by atoms with Crippen LogP contribution in [0, 0.1) is 0 Å². The van der Waals surface area contributed by atoms with E-state index >= 15 is 0 Å². The van der Waals surface area contributed by atoms with Crippen LogP contribution in [-0.2, 0) is 29.0 Å². The van der Waals surface area contributed by atoms with E-state index in [1.165, 1.54) is 0 Å². The van der Waals surface area contributed by atoms with Gasteiger partial charge in [0.15, 0.2) is 0 Å². The van der Waals surface area contributed by atoms with Crippen LogP contribution in [0.4, 0.5) is 0 Å². The molecule has 0 bridgehead atoms. The summed E-state index contributed by atoms with van der Waals surface area (Å²) in [5.74, 6) is 0.346. The van der Waals surface area contributed by atoms with Crippen molar-refractivity contribution in [1.29, 1.82) is 0 Å². The first-order chi connectivity index (χ1) is 17.3. The van der Waals surface area contributed by atoms with E-state index in [2.05, 4.69) is 5.32 Å². The molecular weight excluding hydrogens is 495 g/mol. The molecule has 3 rings (SSSR count). The molecule has 0 aliphatic heterocycles. The topological polar surface area (TPSA) is 58.6 Å². The van der Waals surface area contributed by atoms with Crippen molar-refractivity contribution >= 4 is 35.0 Å². The molecular formula is C29H32Cl2N2O3. The van der Waals surface area contributed by atoms with Crippen molar-refractivity contribution in [2.75, 3.05) is 7.11 Å². The number of carbonyl (C=O) groups excluding carboxylic acids is 2. The van der Waals surface area contributed by atoms with Gasteiger partial charge in [-0.05, 0) is 54.3 Å². The highest BCUT2D eigenvalue weighted by Crippen LogP contribution is 2.25. The van der Waals surface area contributed by atoms with Gasteiger partial charge in [0.25, 0.3) is 0 Å². The van der Waals surface area contributed by atoms with E-state index < -0.39 is 6.04 Å². The fraction of sp³-hybridized carbons (Fsp3) is 0.310. The molecule has 2 atom stereocenters. The molecule has 0 fully saturated rings. The molecule has 190 valence electrons. The second kappa shape index (κ2) is 13.3. The third-order valence-electron chi connectivity index (χ3n) is 6.14. The Kier molecular flexibility index (Phi) is 10.2. The lowest BCUT2D eigenvalue weighted by Crippen LogP contribution is -2.52. The number of methoxy groups -OCH3 is 1. The van der Waals surface area contributed by atoms with Crippen LogP contribution in [0.25, 0.3) is 0 Å². The van der Waals surface area contributed by atoms with Gasteiger partial charge < -0.3 is 15.0 Å². The average Bonchev–Trinajstić information content (AvgIpc) is 2.88. The lowest BCUT2D eigenvalue weighted by Gasteiger charge is -2.32. The second-order valence-corrected chi connectivity index (χ2v) is 9.65. The minimum absolute atomic E-state index is 0.0200. The van der Waals surface area contributed by atoms with Gasteiger partial charge in [-0.15, -0.1) is 0 Å². The largest absolute Gasteiger partial charge is 0.497 e. The smallest absolute Gasteiger partial charge is 0.243 e. The SMILES string of the molecule is CC[C@H](C)NC(=O)[C@@H](Cc1ccccc1)N(Cc1ccc(Cl)cc1Cl)C(=O)Cc1ccc(OC)cc1. The molecule has 3 aromatic rings. The lowest BCUT2D eigenvalue weighted by molar-refractivity contribution is -0.141. The molecule has 36 heavy (non-hydrogen) atoms. The first-order valence-electron chi connectivity index (χ1n) is 12.0. The fourth-order valence-corrected chi connectivity index (χ4v) is 4.32. The number of nitrogens with zero attached hydrogens (tertiary/aromatic N) is 1. The third kappa shape index (κ3) is 7.74. The molecule has 0 aromatic heterocycles. The molecule has 0 aliphatic carbocycles. The van der Waals surface area contributed by atoms with Gasteiger partial charge in [-0.3, -0.25) is 9.59 Å². The molecule has 7 heteroatoms. The summed E-state index contributed by atoms with van der Waals surface area (Å²) in [6, 6.07) is 21.5. The van der Waals surface area contributed by atoms with E-state index in [1.54, 1.807) is 30.2 Å². The summed E-state index contributed by atoms with van der Waals surface area (Å²) in [4.78, 5) is 29.0. The molecule has 0 heterocycles. The molecule has 0 aliphatic rings. The highest BCUT2D eigenvalue weighted by atomic mass is 35.5. The van der Waals surface area contributed by atoms with Gasteiger partial charge in [0.1, 0.15) is 11.8 Å². The maximum absolute atomic E-state index is 13.8. The van der Waals surface area contributed by atoms with E-state index in [4.69, 9.17) is 27.9 Å². The highest BCUT2D eigenvalue weighted by Gasteiger charge is 2.31.